The fourth-order valence-corrected chi connectivity index (χ4v) is 2.80. The van der Waals surface area contributed by atoms with Gasteiger partial charge in [0.05, 0.1) is 12.2 Å². The van der Waals surface area contributed by atoms with E-state index in [9.17, 15) is 4.79 Å². The van der Waals surface area contributed by atoms with E-state index in [2.05, 4.69) is 31.9 Å². The number of hydrogen-bond acceptors (Lipinski definition) is 7. The molecule has 26 heavy (non-hydrogen) atoms. The van der Waals surface area contributed by atoms with E-state index in [0.717, 1.165) is 16.9 Å². The van der Waals surface area contributed by atoms with Gasteiger partial charge in [-0.3, -0.25) is 10.1 Å². The van der Waals surface area contributed by atoms with Gasteiger partial charge in [-0.1, -0.05) is 23.5 Å². The Balaban J connectivity index is 1.57. The second-order valence-electron chi connectivity index (χ2n) is 5.52. The van der Waals surface area contributed by atoms with E-state index >= 15 is 0 Å². The van der Waals surface area contributed by atoms with Crippen molar-refractivity contribution in [3.63, 3.8) is 0 Å². The standard InChI is InChI=1S/C18H19N5O2S/c1-3-25-15-6-4-13(8-12(15)2)9-19-16-7-5-14(10-20-16)17(24)22-18-23-21-11-26-18/h4-8,10-11H,3,9H2,1-2H3,(H,19,20)(H,22,23,24). The van der Waals surface area contributed by atoms with Gasteiger partial charge < -0.3 is 10.1 Å². The van der Waals surface area contributed by atoms with Crippen LogP contribution in [0.4, 0.5) is 10.9 Å². The highest BCUT2D eigenvalue weighted by Crippen LogP contribution is 2.20. The van der Waals surface area contributed by atoms with Crippen LogP contribution in [0.2, 0.25) is 0 Å². The zero-order chi connectivity index (χ0) is 18.4. The minimum Gasteiger partial charge on any atom is -0.494 e. The summed E-state index contributed by atoms with van der Waals surface area (Å²) in [6.07, 6.45) is 1.53. The van der Waals surface area contributed by atoms with Crippen LogP contribution in [0.5, 0.6) is 5.75 Å². The van der Waals surface area contributed by atoms with Crippen molar-refractivity contribution < 1.29 is 9.53 Å². The highest BCUT2D eigenvalue weighted by atomic mass is 32.1. The molecule has 0 aliphatic carbocycles. The Morgan fingerprint density at radius 2 is 2.15 bits per heavy atom. The van der Waals surface area contributed by atoms with E-state index < -0.39 is 0 Å². The van der Waals surface area contributed by atoms with Crippen molar-refractivity contribution in [1.29, 1.82) is 0 Å². The molecule has 2 heterocycles. The smallest absolute Gasteiger partial charge is 0.259 e. The molecule has 0 bridgehead atoms. The van der Waals surface area contributed by atoms with Crippen LogP contribution in [0.1, 0.15) is 28.4 Å². The summed E-state index contributed by atoms with van der Waals surface area (Å²) in [5.41, 5.74) is 4.25. The lowest BCUT2D eigenvalue weighted by atomic mass is 10.1. The highest BCUT2D eigenvalue weighted by Gasteiger charge is 2.08. The van der Waals surface area contributed by atoms with E-state index in [1.807, 2.05) is 26.0 Å². The number of aryl methyl sites for hydroxylation is 1. The molecule has 2 aromatic heterocycles. The lowest BCUT2D eigenvalue weighted by Gasteiger charge is -2.10. The SMILES string of the molecule is CCOc1ccc(CNc2ccc(C(=O)Nc3nncs3)cn2)cc1C. The Bertz CT molecular complexity index is 866. The Hall–Kier alpha value is -3.00. The molecular formula is C18H19N5O2S. The third kappa shape index (κ3) is 4.54. The summed E-state index contributed by atoms with van der Waals surface area (Å²) < 4.78 is 5.55. The first-order valence-electron chi connectivity index (χ1n) is 8.15. The van der Waals surface area contributed by atoms with Gasteiger partial charge in [0.1, 0.15) is 17.1 Å². The molecule has 0 aliphatic heterocycles. The Kier molecular flexibility index (Phi) is 5.75. The van der Waals surface area contributed by atoms with Crippen LogP contribution >= 0.6 is 11.3 Å². The lowest BCUT2D eigenvalue weighted by Crippen LogP contribution is -2.12. The molecule has 7 nitrogen and oxygen atoms in total. The predicted octanol–water partition coefficient (Wildman–Crippen LogP) is 3.50. The first kappa shape index (κ1) is 17.8. The molecule has 0 saturated carbocycles. The molecule has 8 heteroatoms. The quantitative estimate of drug-likeness (QED) is 0.662. The number of nitrogens with one attached hydrogen (secondary N) is 2. The largest absolute Gasteiger partial charge is 0.494 e. The van der Waals surface area contributed by atoms with Crippen LogP contribution in [-0.2, 0) is 6.54 Å². The zero-order valence-corrected chi connectivity index (χ0v) is 15.3. The van der Waals surface area contributed by atoms with Gasteiger partial charge in [-0.05, 0) is 43.2 Å². The molecule has 3 rings (SSSR count). The van der Waals surface area contributed by atoms with E-state index in [4.69, 9.17) is 4.74 Å². The molecule has 0 saturated heterocycles. The molecule has 1 aromatic carbocycles. The Labute approximate surface area is 155 Å². The summed E-state index contributed by atoms with van der Waals surface area (Å²) in [6, 6.07) is 9.58. The van der Waals surface area contributed by atoms with Gasteiger partial charge in [-0.2, -0.15) is 0 Å². The highest BCUT2D eigenvalue weighted by molar-refractivity contribution is 7.13. The maximum atomic E-state index is 12.1. The van der Waals surface area contributed by atoms with E-state index in [1.165, 1.54) is 17.5 Å². The van der Waals surface area contributed by atoms with Crippen molar-refractivity contribution in [2.45, 2.75) is 20.4 Å². The topological polar surface area (TPSA) is 89.0 Å². The van der Waals surface area contributed by atoms with Gasteiger partial charge in [0.2, 0.25) is 5.13 Å². The number of ether oxygens (including phenoxy) is 1. The first-order chi connectivity index (χ1) is 12.7. The number of carbonyl (C=O) groups is 1. The second kappa shape index (κ2) is 8.39. The van der Waals surface area contributed by atoms with Crippen LogP contribution < -0.4 is 15.4 Å². The summed E-state index contributed by atoms with van der Waals surface area (Å²) in [7, 11) is 0. The number of rotatable bonds is 7. The number of hydrogen-bond donors (Lipinski definition) is 2. The molecule has 1 amide bonds. The number of aromatic nitrogens is 3. The number of pyridine rings is 1. The fourth-order valence-electron chi connectivity index (χ4n) is 2.36. The third-order valence-corrected chi connectivity index (χ3v) is 4.23. The van der Waals surface area contributed by atoms with Crippen LogP contribution in [0, 0.1) is 6.92 Å². The summed E-state index contributed by atoms with van der Waals surface area (Å²) in [5, 5.41) is 13.8. The van der Waals surface area contributed by atoms with E-state index in [-0.39, 0.29) is 5.91 Å². The minimum absolute atomic E-state index is 0.261. The molecule has 3 aromatic rings. The third-order valence-electron chi connectivity index (χ3n) is 3.62. The molecule has 0 radical (unpaired) electrons. The molecule has 0 aliphatic rings. The summed E-state index contributed by atoms with van der Waals surface area (Å²) in [5.74, 6) is 1.34. The fraction of sp³-hybridized carbons (Fsp3) is 0.222. The molecule has 2 N–H and O–H groups in total. The second-order valence-corrected chi connectivity index (χ2v) is 6.35. The van der Waals surface area contributed by atoms with Crippen LogP contribution in [0.15, 0.2) is 42.0 Å². The number of nitrogens with zero attached hydrogens (tertiary/aromatic N) is 3. The van der Waals surface area contributed by atoms with Crippen molar-refractivity contribution in [2.75, 3.05) is 17.2 Å². The van der Waals surface area contributed by atoms with Crippen molar-refractivity contribution in [3.8, 4) is 5.75 Å². The van der Waals surface area contributed by atoms with Crippen molar-refractivity contribution >= 4 is 28.2 Å². The van der Waals surface area contributed by atoms with Gasteiger partial charge in [-0.15, -0.1) is 10.2 Å². The van der Waals surface area contributed by atoms with Crippen LogP contribution in [0.25, 0.3) is 0 Å². The number of amides is 1. The maximum absolute atomic E-state index is 12.1. The summed E-state index contributed by atoms with van der Waals surface area (Å²) in [6.45, 7) is 5.29. The first-order valence-corrected chi connectivity index (χ1v) is 9.03. The van der Waals surface area contributed by atoms with E-state index in [1.54, 1.807) is 17.6 Å². The van der Waals surface area contributed by atoms with Gasteiger partial charge in [0.25, 0.3) is 5.91 Å². The Morgan fingerprint density at radius 3 is 2.81 bits per heavy atom. The number of benzene rings is 1. The predicted molar refractivity (Wildman–Crippen MR) is 102 cm³/mol. The molecule has 0 fully saturated rings. The summed E-state index contributed by atoms with van der Waals surface area (Å²) in [4.78, 5) is 16.4. The molecule has 134 valence electrons. The molecule has 0 atom stereocenters. The van der Waals surface area contributed by atoms with E-state index in [0.29, 0.717) is 29.7 Å². The minimum atomic E-state index is -0.261. The average Bonchev–Trinajstić information content (AvgIpc) is 3.15. The van der Waals surface area contributed by atoms with Gasteiger partial charge in [-0.25, -0.2) is 4.98 Å². The number of carbonyl (C=O) groups excluding carboxylic acids is 1. The van der Waals surface area contributed by atoms with Gasteiger partial charge in [0, 0.05) is 12.7 Å². The monoisotopic (exact) mass is 369 g/mol. The molecule has 0 spiro atoms. The summed E-state index contributed by atoms with van der Waals surface area (Å²) >= 11 is 1.26. The number of anilines is 2. The molecule has 0 unspecified atom stereocenters. The van der Waals surface area contributed by atoms with Crippen molar-refractivity contribution in [1.82, 2.24) is 15.2 Å². The van der Waals surface area contributed by atoms with Gasteiger partial charge >= 0.3 is 0 Å². The van der Waals surface area contributed by atoms with Gasteiger partial charge in [0.15, 0.2) is 0 Å². The normalized spacial score (nSPS) is 10.4. The van der Waals surface area contributed by atoms with Crippen LogP contribution in [-0.4, -0.2) is 27.7 Å². The maximum Gasteiger partial charge on any atom is 0.259 e. The van der Waals surface area contributed by atoms with Crippen molar-refractivity contribution in [3.05, 3.63) is 58.7 Å². The van der Waals surface area contributed by atoms with Crippen molar-refractivity contribution in [2.24, 2.45) is 0 Å². The molecular weight excluding hydrogens is 350 g/mol. The van der Waals surface area contributed by atoms with Crippen LogP contribution in [0.3, 0.4) is 0 Å². The Morgan fingerprint density at radius 1 is 1.27 bits per heavy atom. The lowest BCUT2D eigenvalue weighted by molar-refractivity contribution is 0.102. The average molecular weight is 369 g/mol. The zero-order valence-electron chi connectivity index (χ0n) is 14.5.